The Bertz CT molecular complexity index is 595. The molecule has 1 aliphatic rings. The van der Waals surface area contributed by atoms with Crippen molar-refractivity contribution in [2.45, 2.75) is 46.6 Å². The number of carbonyl (C=O) groups excluding carboxylic acids is 2. The number of para-hydroxylation sites is 1. The molecule has 1 aromatic carbocycles. The molecule has 126 valence electrons. The molecule has 0 spiro atoms. The molecule has 1 atom stereocenters. The molecule has 1 amide bonds. The average molecular weight is 319 g/mol. The van der Waals surface area contributed by atoms with Crippen LogP contribution in [0.15, 0.2) is 18.2 Å². The van der Waals surface area contributed by atoms with Gasteiger partial charge in [0.1, 0.15) is 12.3 Å². The van der Waals surface area contributed by atoms with Gasteiger partial charge in [-0.1, -0.05) is 39.8 Å². The van der Waals surface area contributed by atoms with Crippen LogP contribution in [0.2, 0.25) is 0 Å². The highest BCUT2D eigenvalue weighted by atomic mass is 16.5. The molecular formula is C18H25NO4. The maximum atomic E-state index is 12.7. The number of carbonyl (C=O) groups is 2. The van der Waals surface area contributed by atoms with Gasteiger partial charge in [0, 0.05) is 0 Å². The first kappa shape index (κ1) is 17.3. The van der Waals surface area contributed by atoms with E-state index >= 15 is 0 Å². The number of hydrogen-bond donors (Lipinski definition) is 0. The van der Waals surface area contributed by atoms with Crippen molar-refractivity contribution >= 4 is 17.6 Å². The first-order chi connectivity index (χ1) is 10.9. The van der Waals surface area contributed by atoms with E-state index in [1.165, 1.54) is 4.90 Å². The summed E-state index contributed by atoms with van der Waals surface area (Å²) >= 11 is 0. The van der Waals surface area contributed by atoms with E-state index in [0.717, 1.165) is 5.56 Å². The predicted molar refractivity (Wildman–Crippen MR) is 88.8 cm³/mol. The summed E-state index contributed by atoms with van der Waals surface area (Å²) in [6.45, 7) is 9.99. The van der Waals surface area contributed by atoms with E-state index in [2.05, 4.69) is 13.8 Å². The van der Waals surface area contributed by atoms with Gasteiger partial charge >= 0.3 is 5.97 Å². The van der Waals surface area contributed by atoms with Crippen LogP contribution in [0.3, 0.4) is 0 Å². The van der Waals surface area contributed by atoms with Crippen molar-refractivity contribution in [2.75, 3.05) is 18.1 Å². The zero-order valence-electron chi connectivity index (χ0n) is 14.5. The van der Waals surface area contributed by atoms with Crippen LogP contribution in [0.1, 0.15) is 46.1 Å². The van der Waals surface area contributed by atoms with Crippen molar-refractivity contribution in [1.82, 2.24) is 0 Å². The number of ether oxygens (including phenoxy) is 2. The molecule has 1 unspecified atom stereocenters. The average Bonchev–Trinajstić information content (AvgIpc) is 2.49. The Morgan fingerprint density at radius 2 is 2.00 bits per heavy atom. The molecular weight excluding hydrogens is 294 g/mol. The fourth-order valence-corrected chi connectivity index (χ4v) is 2.71. The zero-order valence-corrected chi connectivity index (χ0v) is 14.5. The van der Waals surface area contributed by atoms with E-state index in [0.29, 0.717) is 18.0 Å². The van der Waals surface area contributed by atoms with Crippen molar-refractivity contribution in [2.24, 2.45) is 5.92 Å². The summed E-state index contributed by atoms with van der Waals surface area (Å²) in [4.78, 5) is 26.1. The minimum Gasteiger partial charge on any atom is -0.478 e. The van der Waals surface area contributed by atoms with Crippen LogP contribution in [0.4, 0.5) is 5.69 Å². The third kappa shape index (κ3) is 3.49. The minimum absolute atomic E-state index is 0.0144. The third-order valence-electron chi connectivity index (χ3n) is 3.89. The van der Waals surface area contributed by atoms with E-state index < -0.39 is 12.1 Å². The standard InChI is InChI=1S/C18H25NO4/c1-6-22-15(20)10-19-14-9-7-8-13(11(2)3)17(14)23-16(12(4)5)18(19)21/h7-9,11-12,16H,6,10H2,1-5H3. The van der Waals surface area contributed by atoms with Crippen LogP contribution in [-0.2, 0) is 14.3 Å². The zero-order chi connectivity index (χ0) is 17.1. The SMILES string of the molecule is CCOC(=O)CN1C(=O)C(C(C)C)Oc2c(C(C)C)cccc21. The number of rotatable bonds is 5. The Labute approximate surface area is 137 Å². The number of anilines is 1. The lowest BCUT2D eigenvalue weighted by atomic mass is 9.97. The number of benzene rings is 1. The molecule has 1 aliphatic heterocycles. The summed E-state index contributed by atoms with van der Waals surface area (Å²) < 4.78 is 11.0. The highest BCUT2D eigenvalue weighted by Crippen LogP contribution is 2.41. The fourth-order valence-electron chi connectivity index (χ4n) is 2.71. The molecule has 0 fully saturated rings. The van der Waals surface area contributed by atoms with E-state index in [1.54, 1.807) is 6.92 Å². The van der Waals surface area contributed by atoms with Gasteiger partial charge in [0.2, 0.25) is 0 Å². The van der Waals surface area contributed by atoms with Crippen molar-refractivity contribution in [3.8, 4) is 5.75 Å². The second kappa shape index (κ2) is 7.02. The summed E-state index contributed by atoms with van der Waals surface area (Å²) in [5.41, 5.74) is 1.68. The molecule has 0 N–H and O–H groups in total. The van der Waals surface area contributed by atoms with E-state index in [9.17, 15) is 9.59 Å². The molecule has 0 aromatic heterocycles. The van der Waals surface area contributed by atoms with Gasteiger partial charge in [-0.2, -0.15) is 0 Å². The number of hydrogen-bond acceptors (Lipinski definition) is 4. The minimum atomic E-state index is -0.586. The van der Waals surface area contributed by atoms with Gasteiger partial charge < -0.3 is 9.47 Å². The number of fused-ring (bicyclic) bond motifs is 1. The first-order valence-electron chi connectivity index (χ1n) is 8.13. The summed E-state index contributed by atoms with van der Waals surface area (Å²) in [6, 6.07) is 5.70. The lowest BCUT2D eigenvalue weighted by Gasteiger charge is -2.36. The highest BCUT2D eigenvalue weighted by molar-refractivity contribution is 6.03. The molecule has 1 heterocycles. The molecule has 5 nitrogen and oxygen atoms in total. The number of nitrogens with zero attached hydrogens (tertiary/aromatic N) is 1. The van der Waals surface area contributed by atoms with E-state index in [1.807, 2.05) is 32.0 Å². The lowest BCUT2D eigenvalue weighted by Crippen LogP contribution is -2.50. The molecule has 0 saturated carbocycles. The molecule has 0 saturated heterocycles. The Balaban J connectivity index is 2.47. The van der Waals surface area contributed by atoms with Gasteiger partial charge in [-0.15, -0.1) is 0 Å². The number of esters is 1. The van der Waals surface area contributed by atoms with Crippen LogP contribution in [0, 0.1) is 5.92 Å². The second-order valence-corrected chi connectivity index (χ2v) is 6.36. The van der Waals surface area contributed by atoms with Gasteiger partial charge in [0.15, 0.2) is 6.10 Å². The summed E-state index contributed by atoms with van der Waals surface area (Å²) in [5, 5.41) is 0. The van der Waals surface area contributed by atoms with Gasteiger partial charge in [0.25, 0.3) is 5.91 Å². The van der Waals surface area contributed by atoms with Gasteiger partial charge in [-0.3, -0.25) is 14.5 Å². The Hall–Kier alpha value is -2.04. The van der Waals surface area contributed by atoms with Crippen LogP contribution in [0.25, 0.3) is 0 Å². The largest absolute Gasteiger partial charge is 0.478 e. The molecule has 0 radical (unpaired) electrons. The normalized spacial score (nSPS) is 17.3. The van der Waals surface area contributed by atoms with Crippen molar-refractivity contribution in [3.05, 3.63) is 23.8 Å². The van der Waals surface area contributed by atoms with Gasteiger partial charge in [-0.05, 0) is 30.4 Å². The monoisotopic (exact) mass is 319 g/mol. The molecule has 1 aromatic rings. The number of amides is 1. The Morgan fingerprint density at radius 3 is 2.57 bits per heavy atom. The predicted octanol–water partition coefficient (Wildman–Crippen LogP) is 3.12. The maximum Gasteiger partial charge on any atom is 0.326 e. The molecule has 0 bridgehead atoms. The summed E-state index contributed by atoms with van der Waals surface area (Å²) in [5.74, 6) is 0.369. The van der Waals surface area contributed by atoms with Crippen molar-refractivity contribution in [3.63, 3.8) is 0 Å². The van der Waals surface area contributed by atoms with Gasteiger partial charge in [0.05, 0.1) is 12.3 Å². The summed E-state index contributed by atoms with van der Waals surface area (Å²) in [6.07, 6.45) is -0.586. The second-order valence-electron chi connectivity index (χ2n) is 6.36. The van der Waals surface area contributed by atoms with Crippen LogP contribution >= 0.6 is 0 Å². The third-order valence-corrected chi connectivity index (χ3v) is 3.89. The van der Waals surface area contributed by atoms with Crippen molar-refractivity contribution in [1.29, 1.82) is 0 Å². The maximum absolute atomic E-state index is 12.7. The molecule has 2 rings (SSSR count). The van der Waals surface area contributed by atoms with Gasteiger partial charge in [-0.25, -0.2) is 0 Å². The van der Waals surface area contributed by atoms with Crippen LogP contribution in [-0.4, -0.2) is 31.1 Å². The quantitative estimate of drug-likeness (QED) is 0.783. The highest BCUT2D eigenvalue weighted by Gasteiger charge is 2.38. The molecule has 5 heteroatoms. The van der Waals surface area contributed by atoms with Crippen LogP contribution < -0.4 is 9.64 Å². The smallest absolute Gasteiger partial charge is 0.326 e. The summed E-state index contributed by atoms with van der Waals surface area (Å²) in [7, 11) is 0. The van der Waals surface area contributed by atoms with Crippen molar-refractivity contribution < 1.29 is 19.1 Å². The molecule has 23 heavy (non-hydrogen) atoms. The Kier molecular flexibility index (Phi) is 5.29. The van der Waals surface area contributed by atoms with Crippen LogP contribution in [0.5, 0.6) is 5.75 Å². The molecule has 0 aliphatic carbocycles. The topological polar surface area (TPSA) is 55.8 Å². The fraction of sp³-hybridized carbons (Fsp3) is 0.556. The first-order valence-corrected chi connectivity index (χ1v) is 8.13. The lowest BCUT2D eigenvalue weighted by molar-refractivity contribution is -0.143. The Morgan fingerprint density at radius 1 is 1.30 bits per heavy atom. The van der Waals surface area contributed by atoms with E-state index in [4.69, 9.17) is 9.47 Å². The van der Waals surface area contributed by atoms with E-state index in [-0.39, 0.29) is 24.3 Å².